The van der Waals surface area contributed by atoms with Crippen LogP contribution in [0.3, 0.4) is 0 Å². The summed E-state index contributed by atoms with van der Waals surface area (Å²) in [4.78, 5) is 16.3. The van der Waals surface area contributed by atoms with Gasteiger partial charge in [0.05, 0.1) is 6.61 Å². The van der Waals surface area contributed by atoms with Crippen LogP contribution < -0.4 is 15.4 Å². The van der Waals surface area contributed by atoms with Crippen LogP contribution in [0, 0.1) is 5.92 Å². The Balaban J connectivity index is 1.23. The van der Waals surface area contributed by atoms with E-state index >= 15 is 0 Å². The van der Waals surface area contributed by atoms with Crippen LogP contribution in [-0.4, -0.2) is 43.2 Å². The van der Waals surface area contributed by atoms with Gasteiger partial charge in [0.2, 0.25) is 0 Å². The largest absolute Gasteiger partial charge is 0.493 e. The second-order valence-corrected chi connectivity index (χ2v) is 7.89. The highest BCUT2D eigenvalue weighted by atomic mass is 16.5. The molecule has 1 atom stereocenters. The number of ether oxygens (including phenoxy) is 1. The van der Waals surface area contributed by atoms with Crippen LogP contribution in [0.1, 0.15) is 24.8 Å². The van der Waals surface area contributed by atoms with Crippen molar-refractivity contribution < 1.29 is 9.53 Å². The Bertz CT molecular complexity index is 787. The third-order valence-electron chi connectivity index (χ3n) is 6.02. The second-order valence-electron chi connectivity index (χ2n) is 7.89. The number of piperidine rings is 1. The van der Waals surface area contributed by atoms with Crippen molar-refractivity contribution in [1.29, 1.82) is 0 Å². The average molecular weight is 380 g/mol. The minimum atomic E-state index is -0.341. The fourth-order valence-electron chi connectivity index (χ4n) is 4.43. The molecule has 2 aliphatic rings. The number of para-hydroxylation sites is 2. The maximum Gasteiger partial charge on any atom is 0.319 e. The first-order valence-corrected chi connectivity index (χ1v) is 10.3. The quantitative estimate of drug-likeness (QED) is 0.833. The average Bonchev–Trinajstić information content (AvgIpc) is 3.11. The fourth-order valence-corrected chi connectivity index (χ4v) is 4.43. The molecule has 4 rings (SSSR count). The molecule has 2 aromatic carbocycles. The van der Waals surface area contributed by atoms with Crippen molar-refractivity contribution in [3.8, 4) is 5.75 Å². The lowest BCUT2D eigenvalue weighted by atomic mass is 9.97. The maximum atomic E-state index is 12.0. The van der Waals surface area contributed by atoms with Gasteiger partial charge in [0.15, 0.2) is 0 Å². The highest BCUT2D eigenvalue weighted by molar-refractivity contribution is 5.93. The number of benzene rings is 2. The Kier molecular flexibility index (Phi) is 5.81. The van der Waals surface area contributed by atoms with Crippen molar-refractivity contribution >= 4 is 11.7 Å². The zero-order valence-electron chi connectivity index (χ0n) is 16.3. The summed E-state index contributed by atoms with van der Waals surface area (Å²) < 4.78 is 5.92. The van der Waals surface area contributed by atoms with Gasteiger partial charge >= 0.3 is 6.03 Å². The maximum absolute atomic E-state index is 12.0. The van der Waals surface area contributed by atoms with Crippen LogP contribution in [-0.2, 0) is 6.42 Å². The molecule has 0 bridgehead atoms. The molecule has 5 nitrogen and oxygen atoms in total. The molecular formula is C23H29N3O2. The van der Waals surface area contributed by atoms with Crippen molar-refractivity contribution in [2.45, 2.75) is 31.7 Å². The third kappa shape index (κ3) is 4.30. The molecule has 2 N–H and O–H groups in total. The zero-order chi connectivity index (χ0) is 19.3. The predicted octanol–water partition coefficient (Wildman–Crippen LogP) is 3.68. The topological polar surface area (TPSA) is 58.8 Å². The van der Waals surface area contributed by atoms with Gasteiger partial charge in [-0.3, -0.25) is 4.90 Å². The summed E-state index contributed by atoms with van der Waals surface area (Å²) in [6.07, 6.45) is 4.19. The summed E-state index contributed by atoms with van der Waals surface area (Å²) in [6, 6.07) is 18.0. The van der Waals surface area contributed by atoms with E-state index in [0.29, 0.717) is 5.92 Å². The standard InChI is InChI=1S/C23H29N3O2/c24-23(27)26-20(16-19-6-4-5-9-22(19)26)12-15-25-13-10-18(11-14-25)17-28-21-7-2-1-3-8-21/h1-9,18,20H,10-17H2,(H2,24,27). The van der Waals surface area contributed by atoms with Crippen LogP contribution in [0.25, 0.3) is 0 Å². The number of likely N-dealkylation sites (tertiary alicyclic amines) is 1. The van der Waals surface area contributed by atoms with Crippen molar-refractivity contribution in [2.75, 3.05) is 31.1 Å². The molecule has 0 spiro atoms. The molecule has 1 fully saturated rings. The molecule has 2 aromatic rings. The van der Waals surface area contributed by atoms with E-state index in [2.05, 4.69) is 11.0 Å². The molecular weight excluding hydrogens is 350 g/mol. The summed E-state index contributed by atoms with van der Waals surface area (Å²) in [5, 5.41) is 0. The number of carbonyl (C=O) groups is 1. The van der Waals surface area contributed by atoms with Gasteiger partial charge in [-0.15, -0.1) is 0 Å². The molecule has 2 aliphatic heterocycles. The lowest BCUT2D eigenvalue weighted by Gasteiger charge is -2.33. The van der Waals surface area contributed by atoms with E-state index < -0.39 is 0 Å². The van der Waals surface area contributed by atoms with Crippen molar-refractivity contribution in [1.82, 2.24) is 4.90 Å². The molecule has 1 saturated heterocycles. The number of nitrogens with two attached hydrogens (primary N) is 1. The minimum Gasteiger partial charge on any atom is -0.493 e. The number of hydrogen-bond donors (Lipinski definition) is 1. The van der Waals surface area contributed by atoms with Crippen LogP contribution in [0.2, 0.25) is 0 Å². The molecule has 5 heteroatoms. The van der Waals surface area contributed by atoms with E-state index in [9.17, 15) is 4.79 Å². The van der Waals surface area contributed by atoms with Gasteiger partial charge in [0.1, 0.15) is 5.75 Å². The van der Waals surface area contributed by atoms with Gasteiger partial charge in [-0.2, -0.15) is 0 Å². The highest BCUT2D eigenvalue weighted by Gasteiger charge is 2.32. The molecule has 148 valence electrons. The molecule has 1 unspecified atom stereocenters. The first-order valence-electron chi connectivity index (χ1n) is 10.3. The first-order chi connectivity index (χ1) is 13.7. The number of rotatable bonds is 6. The van der Waals surface area contributed by atoms with Crippen molar-refractivity contribution in [2.24, 2.45) is 11.7 Å². The molecule has 0 radical (unpaired) electrons. The highest BCUT2D eigenvalue weighted by Crippen LogP contribution is 2.33. The number of urea groups is 1. The Labute approximate surface area is 167 Å². The van der Waals surface area contributed by atoms with Gasteiger partial charge in [0.25, 0.3) is 0 Å². The normalized spacial score (nSPS) is 20.1. The Hall–Kier alpha value is -2.53. The predicted molar refractivity (Wildman–Crippen MR) is 112 cm³/mol. The number of carbonyl (C=O) groups excluding carboxylic acids is 1. The molecule has 28 heavy (non-hydrogen) atoms. The Morgan fingerprint density at radius 2 is 1.75 bits per heavy atom. The summed E-state index contributed by atoms with van der Waals surface area (Å²) in [5.41, 5.74) is 7.88. The lowest BCUT2D eigenvalue weighted by Crippen LogP contribution is -2.44. The summed E-state index contributed by atoms with van der Waals surface area (Å²) in [7, 11) is 0. The van der Waals surface area contributed by atoms with Crippen LogP contribution in [0.15, 0.2) is 54.6 Å². The molecule has 0 aliphatic carbocycles. The van der Waals surface area contributed by atoms with Gasteiger partial charge in [0, 0.05) is 18.3 Å². The van der Waals surface area contributed by atoms with Gasteiger partial charge in [-0.25, -0.2) is 4.79 Å². The number of hydrogen-bond acceptors (Lipinski definition) is 3. The van der Waals surface area contributed by atoms with E-state index in [-0.39, 0.29) is 12.1 Å². The van der Waals surface area contributed by atoms with E-state index in [1.807, 2.05) is 48.5 Å². The number of primary amides is 1. The molecule has 0 saturated carbocycles. The van der Waals surface area contributed by atoms with E-state index in [4.69, 9.17) is 10.5 Å². The van der Waals surface area contributed by atoms with Gasteiger partial charge in [-0.1, -0.05) is 36.4 Å². The summed E-state index contributed by atoms with van der Waals surface area (Å²) >= 11 is 0. The summed E-state index contributed by atoms with van der Waals surface area (Å²) in [6.45, 7) is 4.00. The van der Waals surface area contributed by atoms with E-state index in [0.717, 1.165) is 63.4 Å². The first kappa shape index (κ1) is 18.8. The number of anilines is 1. The molecule has 2 amide bonds. The van der Waals surface area contributed by atoms with E-state index in [1.54, 1.807) is 4.90 Å². The molecule has 2 heterocycles. The third-order valence-corrected chi connectivity index (χ3v) is 6.02. The Morgan fingerprint density at radius 3 is 2.50 bits per heavy atom. The van der Waals surface area contributed by atoms with Crippen molar-refractivity contribution in [3.05, 3.63) is 60.2 Å². The van der Waals surface area contributed by atoms with Crippen LogP contribution in [0.5, 0.6) is 5.75 Å². The number of nitrogens with zero attached hydrogens (tertiary/aromatic N) is 2. The van der Waals surface area contributed by atoms with Crippen LogP contribution in [0.4, 0.5) is 10.5 Å². The van der Waals surface area contributed by atoms with E-state index in [1.165, 1.54) is 5.56 Å². The van der Waals surface area contributed by atoms with Crippen molar-refractivity contribution in [3.63, 3.8) is 0 Å². The second kappa shape index (κ2) is 8.65. The Morgan fingerprint density at radius 1 is 1.04 bits per heavy atom. The van der Waals surface area contributed by atoms with Gasteiger partial charge in [-0.05, 0) is 68.5 Å². The number of fused-ring (bicyclic) bond motifs is 1. The fraction of sp³-hybridized carbons (Fsp3) is 0.435. The van der Waals surface area contributed by atoms with Crippen LogP contribution >= 0.6 is 0 Å². The smallest absolute Gasteiger partial charge is 0.319 e. The molecule has 0 aromatic heterocycles. The minimum absolute atomic E-state index is 0.175. The number of amides is 2. The summed E-state index contributed by atoms with van der Waals surface area (Å²) in [5.74, 6) is 1.58. The SMILES string of the molecule is NC(=O)N1c2ccccc2CC1CCN1CCC(COc2ccccc2)CC1. The lowest BCUT2D eigenvalue weighted by molar-refractivity contribution is 0.138. The zero-order valence-corrected chi connectivity index (χ0v) is 16.3. The van der Waals surface area contributed by atoms with Gasteiger partial charge < -0.3 is 15.4 Å². The monoisotopic (exact) mass is 379 g/mol.